The second-order valence-electron chi connectivity index (χ2n) is 17.9. The van der Waals surface area contributed by atoms with Crippen LogP contribution in [0, 0.1) is 41.4 Å². The first-order valence-corrected chi connectivity index (χ1v) is 20.7. The molecule has 0 amide bonds. The van der Waals surface area contributed by atoms with Crippen molar-refractivity contribution in [1.29, 1.82) is 0 Å². The number of hydrogen-bond donors (Lipinski definition) is 4. The standard InChI is InChI=1S/C42H70O11/c1-11-29(38(46)47)31-15-14-23(4)36(50-31)27(8)34(44)26(7)35(45)30(12-2)37-24(5)22-25(6)41(51-37)19-16-32(43)42(53-41)21-20-39(10,52-42)33-17-18-40(48,13-3)28(9)49-33/h16,19,23-34,36-37,43-44,48H,11-15,17-18,20-22H2,1-10H3,(H,46,47)/t23-,24-,25+,26+,27-,28-,29-,30+,31+,32+,33+,34-,36+,37-,39+,40+,41-,42-/m0/s1. The van der Waals surface area contributed by atoms with Crippen molar-refractivity contribution in [3.05, 3.63) is 12.2 Å². The van der Waals surface area contributed by atoms with Gasteiger partial charge in [0.25, 0.3) is 0 Å². The summed E-state index contributed by atoms with van der Waals surface area (Å²) in [6.07, 6.45) is 5.51. The second-order valence-corrected chi connectivity index (χ2v) is 17.9. The Morgan fingerprint density at radius 2 is 1.57 bits per heavy atom. The molecule has 4 N–H and O–H groups in total. The minimum Gasteiger partial charge on any atom is -0.481 e. The van der Waals surface area contributed by atoms with Crippen molar-refractivity contribution in [3.63, 3.8) is 0 Å². The predicted octanol–water partition coefficient (Wildman–Crippen LogP) is 6.19. The molecule has 4 saturated heterocycles. The van der Waals surface area contributed by atoms with Crippen molar-refractivity contribution >= 4 is 11.8 Å². The number of hydrogen-bond acceptors (Lipinski definition) is 10. The highest BCUT2D eigenvalue weighted by Gasteiger charge is 2.63. The van der Waals surface area contributed by atoms with Crippen LogP contribution >= 0.6 is 0 Å². The molecule has 4 fully saturated rings. The van der Waals surface area contributed by atoms with Crippen LogP contribution in [-0.4, -0.2) is 97.7 Å². The van der Waals surface area contributed by atoms with Gasteiger partial charge < -0.3 is 44.1 Å². The van der Waals surface area contributed by atoms with Gasteiger partial charge in [-0.15, -0.1) is 0 Å². The number of aliphatic carboxylic acids is 1. The van der Waals surface area contributed by atoms with Gasteiger partial charge in [-0.25, -0.2) is 0 Å². The van der Waals surface area contributed by atoms with Gasteiger partial charge in [-0.05, 0) is 95.6 Å². The van der Waals surface area contributed by atoms with E-state index in [1.165, 1.54) is 0 Å². The number of Topliss-reactive ketones (excluding diaryl/α,β-unsaturated/α-hetero) is 1. The van der Waals surface area contributed by atoms with E-state index in [1.54, 1.807) is 19.1 Å². The van der Waals surface area contributed by atoms with Gasteiger partial charge in [-0.2, -0.15) is 0 Å². The van der Waals surface area contributed by atoms with E-state index in [0.29, 0.717) is 57.8 Å². The molecule has 5 aliphatic heterocycles. The molecule has 53 heavy (non-hydrogen) atoms. The number of carbonyl (C=O) groups excluding carboxylic acids is 1. The Kier molecular flexibility index (Phi) is 13.0. The van der Waals surface area contributed by atoms with Crippen LogP contribution in [0.1, 0.15) is 133 Å². The summed E-state index contributed by atoms with van der Waals surface area (Å²) in [6.45, 7) is 19.6. The topological polar surface area (TPSA) is 161 Å². The monoisotopic (exact) mass is 750 g/mol. The summed E-state index contributed by atoms with van der Waals surface area (Å²) in [5.74, 6) is -5.78. The van der Waals surface area contributed by atoms with Crippen molar-refractivity contribution in [2.24, 2.45) is 41.4 Å². The Hall–Kier alpha value is -1.44. The van der Waals surface area contributed by atoms with Crippen molar-refractivity contribution in [2.45, 2.75) is 199 Å². The summed E-state index contributed by atoms with van der Waals surface area (Å²) >= 11 is 0. The van der Waals surface area contributed by atoms with E-state index >= 15 is 0 Å². The van der Waals surface area contributed by atoms with Crippen LogP contribution < -0.4 is 0 Å². The Labute approximate surface area is 317 Å². The maximum atomic E-state index is 14.4. The van der Waals surface area contributed by atoms with Crippen molar-refractivity contribution < 1.29 is 53.7 Å². The maximum absolute atomic E-state index is 14.4. The number of aliphatic hydroxyl groups is 3. The fraction of sp³-hybridized carbons (Fsp3) is 0.905. The predicted molar refractivity (Wildman–Crippen MR) is 199 cm³/mol. The van der Waals surface area contributed by atoms with E-state index < -0.39 is 76.8 Å². The first kappa shape index (κ1) is 42.7. The quantitative estimate of drug-likeness (QED) is 0.169. The molecule has 5 heterocycles. The third kappa shape index (κ3) is 7.94. The van der Waals surface area contributed by atoms with E-state index in [0.717, 1.165) is 6.42 Å². The smallest absolute Gasteiger partial charge is 0.309 e. The molecule has 0 aromatic rings. The summed E-state index contributed by atoms with van der Waals surface area (Å²) in [6, 6.07) is 0. The highest BCUT2D eigenvalue weighted by Crippen LogP contribution is 2.54. The summed E-state index contributed by atoms with van der Waals surface area (Å²) < 4.78 is 33.5. The first-order valence-electron chi connectivity index (χ1n) is 20.7. The van der Waals surface area contributed by atoms with Crippen LogP contribution in [0.2, 0.25) is 0 Å². The number of ether oxygens (including phenoxy) is 5. The summed E-state index contributed by atoms with van der Waals surface area (Å²) in [7, 11) is 0. The molecule has 2 spiro atoms. The molecule has 0 unspecified atom stereocenters. The first-order chi connectivity index (χ1) is 24.8. The number of rotatable bonds is 12. The minimum absolute atomic E-state index is 0.0137. The number of carboxylic acid groups (broad SMARTS) is 1. The Morgan fingerprint density at radius 3 is 2.17 bits per heavy atom. The zero-order valence-corrected chi connectivity index (χ0v) is 34.0. The Bertz CT molecular complexity index is 1320. The lowest BCUT2D eigenvalue weighted by molar-refractivity contribution is -0.409. The van der Waals surface area contributed by atoms with E-state index in [2.05, 4.69) is 20.8 Å². The number of carbonyl (C=O) groups is 2. The third-order valence-corrected chi connectivity index (χ3v) is 14.4. The summed E-state index contributed by atoms with van der Waals surface area (Å²) in [5, 5.41) is 44.0. The lowest BCUT2D eigenvalue weighted by Crippen LogP contribution is -2.63. The van der Waals surface area contributed by atoms with Crippen molar-refractivity contribution in [3.8, 4) is 0 Å². The molecule has 0 aromatic carbocycles. The lowest BCUT2D eigenvalue weighted by atomic mass is 9.72. The molecule has 0 saturated carbocycles. The molecule has 0 bridgehead atoms. The summed E-state index contributed by atoms with van der Waals surface area (Å²) in [4.78, 5) is 26.4. The van der Waals surface area contributed by atoms with Crippen LogP contribution in [0.5, 0.6) is 0 Å². The van der Waals surface area contributed by atoms with Gasteiger partial charge in [-0.3, -0.25) is 9.59 Å². The molecular weight excluding hydrogens is 680 g/mol. The molecule has 304 valence electrons. The van der Waals surface area contributed by atoms with Gasteiger partial charge >= 0.3 is 5.97 Å². The molecule has 5 rings (SSSR count). The molecule has 0 radical (unpaired) electrons. The fourth-order valence-electron chi connectivity index (χ4n) is 10.5. The maximum Gasteiger partial charge on any atom is 0.309 e. The average molecular weight is 751 g/mol. The van der Waals surface area contributed by atoms with Crippen LogP contribution in [0.25, 0.3) is 0 Å². The second kappa shape index (κ2) is 16.2. The normalized spacial score (nSPS) is 46.2. The van der Waals surface area contributed by atoms with Gasteiger partial charge in [0.2, 0.25) is 5.79 Å². The fourth-order valence-corrected chi connectivity index (χ4v) is 10.5. The Morgan fingerprint density at radius 1 is 0.887 bits per heavy atom. The van der Waals surface area contributed by atoms with E-state index in [1.807, 2.05) is 41.5 Å². The van der Waals surface area contributed by atoms with Crippen LogP contribution in [0.4, 0.5) is 0 Å². The van der Waals surface area contributed by atoms with Gasteiger partial charge in [0.15, 0.2) is 5.79 Å². The van der Waals surface area contributed by atoms with Crippen LogP contribution in [0.3, 0.4) is 0 Å². The van der Waals surface area contributed by atoms with Crippen LogP contribution in [0.15, 0.2) is 12.2 Å². The molecule has 18 atom stereocenters. The molecule has 11 heteroatoms. The van der Waals surface area contributed by atoms with Crippen molar-refractivity contribution in [2.75, 3.05) is 0 Å². The highest BCUT2D eigenvalue weighted by atomic mass is 16.8. The Balaban J connectivity index is 1.31. The minimum atomic E-state index is -1.37. The van der Waals surface area contributed by atoms with E-state index in [-0.39, 0.29) is 41.8 Å². The van der Waals surface area contributed by atoms with Crippen molar-refractivity contribution in [1.82, 2.24) is 0 Å². The largest absolute Gasteiger partial charge is 0.481 e. The molecular formula is C42H70O11. The highest BCUT2D eigenvalue weighted by molar-refractivity contribution is 5.84. The van der Waals surface area contributed by atoms with Gasteiger partial charge in [0.1, 0.15) is 11.9 Å². The van der Waals surface area contributed by atoms with E-state index in [4.69, 9.17) is 23.7 Å². The van der Waals surface area contributed by atoms with Gasteiger partial charge in [0.05, 0.1) is 53.7 Å². The van der Waals surface area contributed by atoms with Gasteiger partial charge in [-0.1, -0.05) is 55.4 Å². The molecule has 0 aliphatic carbocycles. The van der Waals surface area contributed by atoms with Crippen LogP contribution in [-0.2, 0) is 33.3 Å². The number of carboxylic acids is 1. The average Bonchev–Trinajstić information content (AvgIpc) is 3.47. The molecule has 0 aromatic heterocycles. The van der Waals surface area contributed by atoms with Gasteiger partial charge in [0, 0.05) is 30.1 Å². The van der Waals surface area contributed by atoms with E-state index in [9.17, 15) is 30.0 Å². The lowest BCUT2D eigenvalue weighted by Gasteiger charge is -2.54. The zero-order chi connectivity index (χ0) is 39.3. The number of aliphatic hydroxyl groups excluding tert-OH is 2. The molecule has 11 nitrogen and oxygen atoms in total. The third-order valence-electron chi connectivity index (χ3n) is 14.4. The molecule has 5 aliphatic rings. The zero-order valence-electron chi connectivity index (χ0n) is 34.0. The summed E-state index contributed by atoms with van der Waals surface area (Å²) in [5.41, 5.74) is -1.63. The SMILES string of the molecule is CC[C@H](C(=O)[C@H](C)[C@H](O)[C@H](C)[C@@H]1O[C@@H]([C@H](CC)C(=O)O)CC[C@@H]1C)[C@H]1O[C@]2(C=C[C@@H](O)[C@]3(CC[C@](C)([C@H]4CC[C@](O)(CC)[C@H](C)O4)O3)O2)[C@H](C)C[C@@H]1C. The number of ketones is 1.